The molecule has 6 nitrogen and oxygen atoms in total. The topological polar surface area (TPSA) is 65.1 Å². The van der Waals surface area contributed by atoms with E-state index >= 15 is 0 Å². The van der Waals surface area contributed by atoms with E-state index in [2.05, 4.69) is 0 Å². The average molecular weight is 435 g/mol. The van der Waals surface area contributed by atoms with E-state index in [1.165, 1.54) is 6.07 Å². The van der Waals surface area contributed by atoms with E-state index in [4.69, 9.17) is 14.2 Å². The van der Waals surface area contributed by atoms with Gasteiger partial charge in [-0.2, -0.15) is 8.78 Å². The maximum atomic E-state index is 13.0. The molecule has 0 fully saturated rings. The van der Waals surface area contributed by atoms with E-state index in [0.29, 0.717) is 42.6 Å². The van der Waals surface area contributed by atoms with Crippen molar-refractivity contribution in [1.82, 2.24) is 4.90 Å². The molecule has 1 aromatic carbocycles. The van der Waals surface area contributed by atoms with Crippen LogP contribution < -0.4 is 4.74 Å². The van der Waals surface area contributed by atoms with Crippen molar-refractivity contribution in [3.63, 3.8) is 0 Å². The summed E-state index contributed by atoms with van der Waals surface area (Å²) in [5.74, 6) is -0.367. The van der Waals surface area contributed by atoms with Gasteiger partial charge >= 0.3 is 18.7 Å². The van der Waals surface area contributed by atoms with E-state index in [9.17, 15) is 18.4 Å². The Bertz CT molecular complexity index is 931. The Morgan fingerprint density at radius 1 is 1.23 bits per heavy atom. The highest BCUT2D eigenvalue weighted by molar-refractivity contribution is 5.97. The molecule has 8 heteroatoms. The van der Waals surface area contributed by atoms with Crippen molar-refractivity contribution in [2.75, 3.05) is 19.7 Å². The van der Waals surface area contributed by atoms with Crippen LogP contribution in [-0.2, 0) is 20.7 Å². The summed E-state index contributed by atoms with van der Waals surface area (Å²) in [7, 11) is 0. The smallest absolute Gasteiger partial charge is 0.410 e. The second-order valence-electron chi connectivity index (χ2n) is 8.40. The van der Waals surface area contributed by atoms with Crippen molar-refractivity contribution in [2.24, 2.45) is 0 Å². The van der Waals surface area contributed by atoms with Crippen LogP contribution in [0.15, 0.2) is 23.8 Å². The average Bonchev–Trinajstić information content (AvgIpc) is 3.09. The Morgan fingerprint density at radius 3 is 2.55 bits per heavy atom. The van der Waals surface area contributed by atoms with Gasteiger partial charge in [-0.1, -0.05) is 6.08 Å². The van der Waals surface area contributed by atoms with Crippen molar-refractivity contribution in [3.05, 3.63) is 40.5 Å². The molecule has 1 aromatic rings. The van der Waals surface area contributed by atoms with Crippen molar-refractivity contribution < 1.29 is 32.6 Å². The van der Waals surface area contributed by atoms with Gasteiger partial charge in [0.05, 0.1) is 6.61 Å². The summed E-state index contributed by atoms with van der Waals surface area (Å²) in [6.07, 6.45) is 3.89. The van der Waals surface area contributed by atoms with E-state index in [-0.39, 0.29) is 12.4 Å². The summed E-state index contributed by atoms with van der Waals surface area (Å²) in [6, 6.07) is 3.31. The highest BCUT2D eigenvalue weighted by Gasteiger charge is 2.27. The number of benzene rings is 1. The Hall–Kier alpha value is -2.90. The molecule has 2 aliphatic rings. The van der Waals surface area contributed by atoms with Gasteiger partial charge in [0.2, 0.25) is 0 Å². The van der Waals surface area contributed by atoms with E-state index < -0.39 is 24.3 Å². The molecule has 1 aliphatic carbocycles. The van der Waals surface area contributed by atoms with Gasteiger partial charge in [-0.25, -0.2) is 9.59 Å². The lowest BCUT2D eigenvalue weighted by Crippen LogP contribution is -2.39. The van der Waals surface area contributed by atoms with Crippen LogP contribution in [0.5, 0.6) is 5.75 Å². The van der Waals surface area contributed by atoms with Crippen LogP contribution in [0.25, 0.3) is 11.6 Å². The number of carbonyl (C=O) groups is 2. The molecule has 0 spiro atoms. The SMILES string of the molecule is CCOC(=O)C1=Cc2cc(OC(F)F)c(C3=CCN(C(=O)OC(C)(C)C)CC3)cc2C1. The quantitative estimate of drug-likeness (QED) is 0.621. The van der Waals surface area contributed by atoms with Gasteiger partial charge in [-0.15, -0.1) is 0 Å². The van der Waals surface area contributed by atoms with Crippen LogP contribution in [0, 0.1) is 0 Å². The number of fused-ring (bicyclic) bond motifs is 1. The zero-order chi connectivity index (χ0) is 22.8. The van der Waals surface area contributed by atoms with Crippen LogP contribution in [0.3, 0.4) is 0 Å². The van der Waals surface area contributed by atoms with E-state index in [1.807, 2.05) is 6.08 Å². The predicted octanol–water partition coefficient (Wildman–Crippen LogP) is 4.81. The van der Waals surface area contributed by atoms with Gasteiger partial charge in [-0.3, -0.25) is 0 Å². The lowest BCUT2D eigenvalue weighted by molar-refractivity contribution is -0.138. The molecule has 0 radical (unpaired) electrons. The van der Waals surface area contributed by atoms with Gasteiger partial charge in [0, 0.05) is 30.6 Å². The largest absolute Gasteiger partial charge is 0.463 e. The molecule has 168 valence electrons. The lowest BCUT2D eigenvalue weighted by Gasteiger charge is -2.30. The number of hydrogen-bond acceptors (Lipinski definition) is 5. The second kappa shape index (κ2) is 9.08. The van der Waals surface area contributed by atoms with Gasteiger partial charge in [0.1, 0.15) is 11.4 Å². The molecule has 0 saturated heterocycles. The van der Waals surface area contributed by atoms with Gasteiger partial charge in [-0.05, 0) is 69.0 Å². The third kappa shape index (κ3) is 5.62. The maximum absolute atomic E-state index is 13.0. The molecular weight excluding hydrogens is 408 g/mol. The third-order valence-corrected chi connectivity index (χ3v) is 4.91. The number of alkyl halides is 2. The predicted molar refractivity (Wildman–Crippen MR) is 112 cm³/mol. The first-order valence-corrected chi connectivity index (χ1v) is 10.2. The van der Waals surface area contributed by atoms with Gasteiger partial charge in [0.15, 0.2) is 0 Å². The molecule has 0 atom stereocenters. The molecule has 0 unspecified atom stereocenters. The normalized spacial score (nSPS) is 15.9. The number of esters is 1. The minimum atomic E-state index is -2.98. The molecule has 1 amide bonds. The van der Waals surface area contributed by atoms with Crippen LogP contribution >= 0.6 is 0 Å². The first-order chi connectivity index (χ1) is 14.6. The van der Waals surface area contributed by atoms with Crippen LogP contribution in [-0.4, -0.2) is 48.9 Å². The maximum Gasteiger partial charge on any atom is 0.410 e. The zero-order valence-corrected chi connectivity index (χ0v) is 18.2. The minimum absolute atomic E-state index is 0.0482. The molecule has 1 heterocycles. The fourth-order valence-electron chi connectivity index (χ4n) is 3.58. The fourth-order valence-corrected chi connectivity index (χ4v) is 3.58. The highest BCUT2D eigenvalue weighted by Crippen LogP contribution is 2.38. The van der Waals surface area contributed by atoms with Crippen molar-refractivity contribution in [1.29, 1.82) is 0 Å². The summed E-state index contributed by atoms with van der Waals surface area (Å²) < 4.78 is 41.3. The second-order valence-corrected chi connectivity index (χ2v) is 8.40. The lowest BCUT2D eigenvalue weighted by atomic mass is 9.95. The third-order valence-electron chi connectivity index (χ3n) is 4.91. The highest BCUT2D eigenvalue weighted by atomic mass is 19.3. The van der Waals surface area contributed by atoms with Crippen LogP contribution in [0.2, 0.25) is 0 Å². The molecular formula is C23H27F2NO5. The van der Waals surface area contributed by atoms with Crippen LogP contribution in [0.1, 0.15) is 50.8 Å². The van der Waals surface area contributed by atoms with Gasteiger partial charge < -0.3 is 19.1 Å². The van der Waals surface area contributed by atoms with Crippen molar-refractivity contribution in [3.8, 4) is 5.75 Å². The number of nitrogens with zero attached hydrogens (tertiary/aromatic N) is 1. The summed E-state index contributed by atoms with van der Waals surface area (Å²) in [5.41, 5.74) is 2.74. The fraction of sp³-hybridized carbons (Fsp3) is 0.478. The minimum Gasteiger partial charge on any atom is -0.463 e. The van der Waals surface area contributed by atoms with Crippen molar-refractivity contribution >= 4 is 23.7 Å². The number of amides is 1. The monoisotopic (exact) mass is 435 g/mol. The Kier molecular flexibility index (Phi) is 6.67. The zero-order valence-electron chi connectivity index (χ0n) is 18.2. The number of halogens is 2. The summed E-state index contributed by atoms with van der Waals surface area (Å²) in [6.45, 7) is 5.12. The van der Waals surface area contributed by atoms with E-state index in [1.54, 1.807) is 44.7 Å². The van der Waals surface area contributed by atoms with E-state index in [0.717, 1.165) is 11.1 Å². The molecule has 0 aromatic heterocycles. The number of rotatable bonds is 5. The number of hydrogen-bond donors (Lipinski definition) is 0. The molecule has 0 N–H and O–H groups in total. The number of carbonyl (C=O) groups excluding carboxylic acids is 2. The molecule has 0 bridgehead atoms. The van der Waals surface area contributed by atoms with Gasteiger partial charge in [0.25, 0.3) is 0 Å². The Balaban J connectivity index is 1.84. The molecule has 3 rings (SSSR count). The summed E-state index contributed by atoms with van der Waals surface area (Å²) in [5, 5.41) is 0. The Labute approximate surface area is 180 Å². The summed E-state index contributed by atoms with van der Waals surface area (Å²) >= 11 is 0. The molecule has 0 saturated carbocycles. The molecule has 31 heavy (non-hydrogen) atoms. The number of ether oxygens (including phenoxy) is 3. The first-order valence-electron chi connectivity index (χ1n) is 10.2. The Morgan fingerprint density at radius 2 is 1.97 bits per heavy atom. The van der Waals surface area contributed by atoms with Crippen molar-refractivity contribution in [2.45, 2.75) is 52.7 Å². The van der Waals surface area contributed by atoms with Crippen LogP contribution in [0.4, 0.5) is 13.6 Å². The standard InChI is InChI=1S/C23H27F2NO5/c1-5-29-20(27)17-10-15-12-18(19(30-21(24)25)13-16(15)11-17)14-6-8-26(9-7-14)22(28)31-23(2,3)4/h6,11-13,21H,5,7-10H2,1-4H3. The summed E-state index contributed by atoms with van der Waals surface area (Å²) in [4.78, 5) is 25.9. The first kappa shape index (κ1) is 22.8. The molecule has 1 aliphatic heterocycles.